The molecule has 4 aliphatic carbocycles. The Balaban J connectivity index is 1.62. The number of fused-ring (bicyclic) bond motifs is 3. The van der Waals surface area contributed by atoms with Gasteiger partial charge in [-0.3, -0.25) is 14.4 Å². The van der Waals surface area contributed by atoms with Crippen molar-refractivity contribution in [3.63, 3.8) is 0 Å². The van der Waals surface area contributed by atoms with Crippen LogP contribution in [-0.4, -0.2) is 47.4 Å². The van der Waals surface area contributed by atoms with Gasteiger partial charge in [0.15, 0.2) is 0 Å². The van der Waals surface area contributed by atoms with Crippen LogP contribution in [0.5, 0.6) is 0 Å². The molecule has 0 aromatic heterocycles. The van der Waals surface area contributed by atoms with Crippen molar-refractivity contribution in [1.82, 2.24) is 0 Å². The van der Waals surface area contributed by atoms with Gasteiger partial charge in [0, 0.05) is 12.3 Å². The molecule has 8 atom stereocenters. The number of carbonyl (C=O) groups excluding carboxylic acids is 2. The number of carboxylic acids is 1. The van der Waals surface area contributed by atoms with Gasteiger partial charge in [-0.25, -0.2) is 0 Å². The Morgan fingerprint density at radius 2 is 1.79 bits per heavy atom. The lowest BCUT2D eigenvalue weighted by molar-refractivity contribution is -0.219. The summed E-state index contributed by atoms with van der Waals surface area (Å²) in [4.78, 5) is 36.3. The van der Waals surface area contributed by atoms with E-state index in [1.807, 2.05) is 13.8 Å². The highest BCUT2D eigenvalue weighted by atomic mass is 16.5. The SMILES string of the molecule is CC(=O)OC[C@@]1(C(=O)O)CCC[C@]2(C)[C@@H]1C[C@H](O)[C@@]13C[C@@H](CC[C@@H]21)[C@H](COC(=O)C(C)C)C3. The lowest BCUT2D eigenvalue weighted by Gasteiger charge is -2.65. The van der Waals surface area contributed by atoms with E-state index in [0.29, 0.717) is 25.4 Å². The van der Waals surface area contributed by atoms with E-state index in [4.69, 9.17) is 9.47 Å². The Bertz CT molecular complexity index is 808. The Labute approximate surface area is 196 Å². The summed E-state index contributed by atoms with van der Waals surface area (Å²) in [5, 5.41) is 22.0. The standard InChI is InChI=1S/C26H40O7/c1-15(2)22(29)32-13-18-12-26-11-17(18)6-7-19(26)24(4)8-5-9-25(23(30)31,14-33-16(3)27)20(24)10-21(26)28/h15,17-21,28H,5-14H2,1-4H3,(H,30,31)/t17-,18+,19+,20+,21+,24+,25+,26-/m1/s1. The van der Waals surface area contributed by atoms with Crippen LogP contribution in [0.4, 0.5) is 0 Å². The smallest absolute Gasteiger partial charge is 0.313 e. The molecular formula is C26H40O7. The topological polar surface area (TPSA) is 110 Å². The lowest BCUT2D eigenvalue weighted by Crippen LogP contribution is -2.64. The number of carboxylic acid groups (broad SMARTS) is 1. The summed E-state index contributed by atoms with van der Waals surface area (Å²) >= 11 is 0. The minimum absolute atomic E-state index is 0.124. The van der Waals surface area contributed by atoms with Gasteiger partial charge >= 0.3 is 17.9 Å². The van der Waals surface area contributed by atoms with Crippen molar-refractivity contribution in [3.8, 4) is 0 Å². The molecule has 4 rings (SSSR count). The van der Waals surface area contributed by atoms with Gasteiger partial charge < -0.3 is 19.7 Å². The van der Waals surface area contributed by atoms with Gasteiger partial charge in [0.1, 0.15) is 12.0 Å². The number of rotatable bonds is 6. The summed E-state index contributed by atoms with van der Waals surface area (Å²) in [5.41, 5.74) is -1.63. The summed E-state index contributed by atoms with van der Waals surface area (Å²) in [6, 6.07) is 0. The predicted octanol–water partition coefficient (Wildman–Crippen LogP) is 3.81. The summed E-state index contributed by atoms with van der Waals surface area (Å²) in [6.07, 6.45) is 5.76. The molecule has 7 heteroatoms. The van der Waals surface area contributed by atoms with Gasteiger partial charge in [-0.1, -0.05) is 27.2 Å². The third-order valence-corrected chi connectivity index (χ3v) is 10.1. The van der Waals surface area contributed by atoms with E-state index < -0.39 is 23.5 Å². The zero-order chi connectivity index (χ0) is 24.2. The van der Waals surface area contributed by atoms with Crippen LogP contribution in [-0.2, 0) is 23.9 Å². The zero-order valence-corrected chi connectivity index (χ0v) is 20.5. The maximum Gasteiger partial charge on any atom is 0.313 e. The fraction of sp³-hybridized carbons (Fsp3) is 0.885. The molecule has 0 amide bonds. The molecule has 0 heterocycles. The van der Waals surface area contributed by atoms with Gasteiger partial charge in [-0.15, -0.1) is 0 Å². The Morgan fingerprint density at radius 3 is 2.42 bits per heavy atom. The fourth-order valence-corrected chi connectivity index (χ4v) is 8.58. The third kappa shape index (κ3) is 3.78. The normalized spacial score (nSPS) is 44.0. The Morgan fingerprint density at radius 1 is 1.06 bits per heavy atom. The van der Waals surface area contributed by atoms with Crippen LogP contribution in [0.25, 0.3) is 0 Å². The number of esters is 2. The van der Waals surface area contributed by atoms with Crippen LogP contribution in [0, 0.1) is 45.8 Å². The van der Waals surface area contributed by atoms with Crippen molar-refractivity contribution >= 4 is 17.9 Å². The van der Waals surface area contributed by atoms with E-state index >= 15 is 0 Å². The summed E-state index contributed by atoms with van der Waals surface area (Å²) in [7, 11) is 0. The van der Waals surface area contributed by atoms with Crippen molar-refractivity contribution < 1.29 is 34.1 Å². The van der Waals surface area contributed by atoms with Gasteiger partial charge in [-0.05, 0) is 74.0 Å². The van der Waals surface area contributed by atoms with E-state index in [2.05, 4.69) is 6.92 Å². The highest BCUT2D eigenvalue weighted by Crippen LogP contribution is 2.72. The Hall–Kier alpha value is -1.63. The van der Waals surface area contributed by atoms with Crippen LogP contribution in [0.2, 0.25) is 0 Å². The summed E-state index contributed by atoms with van der Waals surface area (Å²) in [6.45, 7) is 7.50. The van der Waals surface area contributed by atoms with Crippen LogP contribution < -0.4 is 0 Å². The molecule has 4 aliphatic rings. The van der Waals surface area contributed by atoms with E-state index in [9.17, 15) is 24.6 Å². The van der Waals surface area contributed by atoms with E-state index in [1.165, 1.54) is 6.92 Å². The predicted molar refractivity (Wildman–Crippen MR) is 120 cm³/mol. The number of hydrogen-bond donors (Lipinski definition) is 2. The van der Waals surface area contributed by atoms with Crippen molar-refractivity contribution in [2.24, 2.45) is 45.8 Å². The molecule has 4 saturated carbocycles. The second-order valence-electron chi connectivity index (χ2n) is 12.0. The fourth-order valence-electron chi connectivity index (χ4n) is 8.58. The van der Waals surface area contributed by atoms with Crippen molar-refractivity contribution in [1.29, 1.82) is 0 Å². The number of aliphatic hydroxyl groups excluding tert-OH is 1. The molecule has 0 saturated heterocycles. The molecular weight excluding hydrogens is 424 g/mol. The molecule has 186 valence electrons. The van der Waals surface area contributed by atoms with Gasteiger partial charge in [0.2, 0.25) is 0 Å². The highest BCUT2D eigenvalue weighted by Gasteiger charge is 2.70. The highest BCUT2D eigenvalue weighted by molar-refractivity contribution is 5.76. The minimum Gasteiger partial charge on any atom is -0.481 e. The quantitative estimate of drug-likeness (QED) is 0.575. The average Bonchev–Trinajstić information content (AvgIpc) is 3.02. The zero-order valence-electron chi connectivity index (χ0n) is 20.5. The molecule has 0 aromatic rings. The Kier molecular flexibility index (Phi) is 6.34. The van der Waals surface area contributed by atoms with E-state index in [-0.39, 0.29) is 47.1 Å². The first-order valence-electron chi connectivity index (χ1n) is 12.7. The van der Waals surface area contributed by atoms with Crippen LogP contribution >= 0.6 is 0 Å². The molecule has 4 fully saturated rings. The first-order valence-corrected chi connectivity index (χ1v) is 12.7. The summed E-state index contributed by atoms with van der Waals surface area (Å²) < 4.78 is 10.9. The monoisotopic (exact) mass is 464 g/mol. The van der Waals surface area contributed by atoms with Gasteiger partial charge in [-0.2, -0.15) is 0 Å². The minimum atomic E-state index is -1.15. The maximum atomic E-state index is 12.6. The summed E-state index contributed by atoms with van der Waals surface area (Å²) in [5.74, 6) is -1.04. The van der Waals surface area contributed by atoms with Gasteiger partial charge in [0.25, 0.3) is 0 Å². The van der Waals surface area contributed by atoms with Crippen molar-refractivity contribution in [2.45, 2.75) is 85.2 Å². The molecule has 7 nitrogen and oxygen atoms in total. The number of aliphatic hydroxyl groups is 1. The molecule has 0 aromatic carbocycles. The van der Waals surface area contributed by atoms with E-state index in [1.54, 1.807) is 0 Å². The number of aliphatic carboxylic acids is 1. The largest absolute Gasteiger partial charge is 0.481 e. The van der Waals surface area contributed by atoms with Gasteiger partial charge in [0.05, 0.1) is 18.6 Å². The number of carbonyl (C=O) groups is 3. The second kappa shape index (κ2) is 8.54. The molecule has 2 N–H and O–H groups in total. The first kappa shape index (κ1) is 24.5. The average molecular weight is 465 g/mol. The van der Waals surface area contributed by atoms with Crippen molar-refractivity contribution in [3.05, 3.63) is 0 Å². The molecule has 0 unspecified atom stereocenters. The maximum absolute atomic E-state index is 12.6. The molecule has 33 heavy (non-hydrogen) atoms. The lowest BCUT2D eigenvalue weighted by atomic mass is 9.40. The van der Waals surface area contributed by atoms with E-state index in [0.717, 1.165) is 38.5 Å². The first-order chi connectivity index (χ1) is 15.5. The van der Waals surface area contributed by atoms with Crippen LogP contribution in [0.3, 0.4) is 0 Å². The second-order valence-corrected chi connectivity index (χ2v) is 12.0. The van der Waals surface area contributed by atoms with Crippen LogP contribution in [0.1, 0.15) is 79.1 Å². The molecule has 1 spiro atoms. The van der Waals surface area contributed by atoms with Crippen LogP contribution in [0.15, 0.2) is 0 Å². The molecule has 2 bridgehead atoms. The molecule has 0 aliphatic heterocycles. The van der Waals surface area contributed by atoms with Crippen molar-refractivity contribution in [2.75, 3.05) is 13.2 Å². The molecule has 0 radical (unpaired) electrons. The number of hydrogen-bond acceptors (Lipinski definition) is 6. The third-order valence-electron chi connectivity index (χ3n) is 10.1. The number of ether oxygens (including phenoxy) is 2.